The Morgan fingerprint density at radius 2 is 1.75 bits per heavy atom. The van der Waals surface area contributed by atoms with E-state index in [0.717, 1.165) is 11.6 Å². The van der Waals surface area contributed by atoms with Gasteiger partial charge in [-0.1, -0.05) is 12.1 Å². The molecule has 0 spiro atoms. The summed E-state index contributed by atoms with van der Waals surface area (Å²) >= 11 is 0. The minimum atomic E-state index is -2.88. The SMILES string of the molecule is CC(C)(O)CN1CN(Cc2ccc(OC(F)F)cc2)Cc2cc(F)c(F)cc21. The molecule has 0 bridgehead atoms. The molecule has 2 aromatic rings. The molecule has 2 aromatic carbocycles. The second-order valence-corrected chi connectivity index (χ2v) is 7.56. The number of hydrogen-bond acceptors (Lipinski definition) is 4. The largest absolute Gasteiger partial charge is 0.435 e. The number of benzene rings is 2. The molecule has 1 aliphatic rings. The van der Waals surface area contributed by atoms with Gasteiger partial charge in [0, 0.05) is 31.4 Å². The molecule has 28 heavy (non-hydrogen) atoms. The van der Waals surface area contributed by atoms with E-state index in [1.54, 1.807) is 30.9 Å². The lowest BCUT2D eigenvalue weighted by Crippen LogP contribution is -2.47. The first-order chi connectivity index (χ1) is 13.1. The van der Waals surface area contributed by atoms with Crippen LogP contribution < -0.4 is 9.64 Å². The van der Waals surface area contributed by atoms with Crippen molar-refractivity contribution in [3.05, 3.63) is 59.2 Å². The van der Waals surface area contributed by atoms with Crippen LogP contribution >= 0.6 is 0 Å². The van der Waals surface area contributed by atoms with Crippen molar-refractivity contribution in [2.45, 2.75) is 39.1 Å². The topological polar surface area (TPSA) is 35.9 Å². The third-order valence-corrected chi connectivity index (χ3v) is 4.36. The van der Waals surface area contributed by atoms with Crippen LogP contribution in [0.5, 0.6) is 5.75 Å². The van der Waals surface area contributed by atoms with E-state index < -0.39 is 23.8 Å². The van der Waals surface area contributed by atoms with Crippen molar-refractivity contribution >= 4 is 5.69 Å². The Hall–Kier alpha value is -2.32. The van der Waals surface area contributed by atoms with Gasteiger partial charge in [0.25, 0.3) is 0 Å². The molecule has 0 unspecified atom stereocenters. The van der Waals surface area contributed by atoms with Crippen LogP contribution in [0.1, 0.15) is 25.0 Å². The number of fused-ring (bicyclic) bond motifs is 1. The van der Waals surface area contributed by atoms with Gasteiger partial charge >= 0.3 is 6.61 Å². The first-order valence-electron chi connectivity index (χ1n) is 8.82. The van der Waals surface area contributed by atoms with Crippen LogP contribution in [0.25, 0.3) is 0 Å². The third kappa shape index (κ3) is 5.14. The summed E-state index contributed by atoms with van der Waals surface area (Å²) in [6, 6.07) is 8.61. The number of alkyl halides is 2. The second-order valence-electron chi connectivity index (χ2n) is 7.56. The lowest BCUT2D eigenvalue weighted by atomic mass is 10.0. The standard InChI is InChI=1S/C20H22F4N2O2/c1-20(2,27)11-26-12-25(10-14-7-16(21)17(22)8-18(14)26)9-13-3-5-15(6-4-13)28-19(23)24/h3-8,19,27H,9-12H2,1-2H3. The second kappa shape index (κ2) is 7.97. The monoisotopic (exact) mass is 398 g/mol. The van der Waals surface area contributed by atoms with Crippen LogP contribution in [-0.4, -0.2) is 35.4 Å². The maximum atomic E-state index is 13.7. The number of β-amino-alcohol motifs (C(OH)–C–C–N with tert-alkyl or cyclic N) is 1. The number of hydrogen-bond donors (Lipinski definition) is 1. The normalized spacial score (nSPS) is 15.1. The van der Waals surface area contributed by atoms with E-state index in [-0.39, 0.29) is 12.3 Å². The molecule has 0 amide bonds. The zero-order valence-electron chi connectivity index (χ0n) is 15.6. The highest BCUT2D eigenvalue weighted by molar-refractivity contribution is 5.56. The molecule has 0 fully saturated rings. The Kier molecular flexibility index (Phi) is 5.81. The third-order valence-electron chi connectivity index (χ3n) is 4.36. The fourth-order valence-electron chi connectivity index (χ4n) is 3.35. The number of ether oxygens (including phenoxy) is 1. The predicted molar refractivity (Wildman–Crippen MR) is 97.2 cm³/mol. The van der Waals surface area contributed by atoms with E-state index in [0.29, 0.717) is 31.0 Å². The molecular weight excluding hydrogens is 376 g/mol. The van der Waals surface area contributed by atoms with Crippen LogP contribution in [0.2, 0.25) is 0 Å². The molecule has 0 aliphatic carbocycles. The van der Waals surface area contributed by atoms with Gasteiger partial charge in [0.15, 0.2) is 11.6 Å². The molecule has 0 saturated carbocycles. The first kappa shape index (κ1) is 20.4. The fourth-order valence-corrected chi connectivity index (χ4v) is 3.35. The Morgan fingerprint density at radius 3 is 2.36 bits per heavy atom. The average molecular weight is 398 g/mol. The summed E-state index contributed by atoms with van der Waals surface area (Å²) in [5.74, 6) is -1.77. The van der Waals surface area contributed by atoms with Crippen LogP contribution in [0.15, 0.2) is 36.4 Å². The van der Waals surface area contributed by atoms with Crippen molar-refractivity contribution in [2.24, 2.45) is 0 Å². The van der Waals surface area contributed by atoms with Crippen molar-refractivity contribution < 1.29 is 27.4 Å². The summed E-state index contributed by atoms with van der Waals surface area (Å²) in [4.78, 5) is 3.80. The van der Waals surface area contributed by atoms with E-state index in [9.17, 15) is 22.7 Å². The Morgan fingerprint density at radius 1 is 1.11 bits per heavy atom. The van der Waals surface area contributed by atoms with Gasteiger partial charge in [-0.25, -0.2) is 8.78 Å². The number of halogens is 4. The molecule has 0 atom stereocenters. The molecule has 3 rings (SSSR count). The summed E-state index contributed by atoms with van der Waals surface area (Å²) < 4.78 is 56.3. The minimum absolute atomic E-state index is 0.0731. The summed E-state index contributed by atoms with van der Waals surface area (Å²) in [6.45, 7) is 1.91. The summed E-state index contributed by atoms with van der Waals surface area (Å²) in [5.41, 5.74) is 1.00. The molecular formula is C20H22F4N2O2. The van der Waals surface area contributed by atoms with Gasteiger partial charge in [-0.15, -0.1) is 0 Å². The van der Waals surface area contributed by atoms with Gasteiger partial charge < -0.3 is 14.7 Å². The van der Waals surface area contributed by atoms with Gasteiger partial charge in [0.1, 0.15) is 5.75 Å². The van der Waals surface area contributed by atoms with Crippen molar-refractivity contribution in [1.29, 1.82) is 0 Å². The van der Waals surface area contributed by atoms with Crippen molar-refractivity contribution in [1.82, 2.24) is 4.90 Å². The van der Waals surface area contributed by atoms with E-state index >= 15 is 0 Å². The molecule has 0 aromatic heterocycles. The van der Waals surface area contributed by atoms with E-state index in [2.05, 4.69) is 4.74 Å². The quantitative estimate of drug-likeness (QED) is 0.743. The zero-order chi connectivity index (χ0) is 20.5. The minimum Gasteiger partial charge on any atom is -0.435 e. The van der Waals surface area contributed by atoms with Gasteiger partial charge in [0.2, 0.25) is 0 Å². The van der Waals surface area contributed by atoms with Crippen LogP contribution in [-0.2, 0) is 13.1 Å². The van der Waals surface area contributed by atoms with Crippen LogP contribution in [0.4, 0.5) is 23.2 Å². The average Bonchev–Trinajstić information content (AvgIpc) is 2.57. The maximum absolute atomic E-state index is 13.7. The zero-order valence-corrected chi connectivity index (χ0v) is 15.6. The number of anilines is 1. The molecule has 1 N–H and O–H groups in total. The fraction of sp³-hybridized carbons (Fsp3) is 0.400. The van der Waals surface area contributed by atoms with E-state index in [1.807, 2.05) is 4.90 Å². The van der Waals surface area contributed by atoms with Gasteiger partial charge in [0.05, 0.1) is 12.3 Å². The van der Waals surface area contributed by atoms with Crippen molar-refractivity contribution in [3.8, 4) is 5.75 Å². The predicted octanol–water partition coefficient (Wildman–Crippen LogP) is 4.12. The smallest absolute Gasteiger partial charge is 0.387 e. The molecule has 0 saturated heterocycles. The summed E-state index contributed by atoms with van der Waals surface area (Å²) in [6.07, 6.45) is 0. The van der Waals surface area contributed by atoms with E-state index in [1.165, 1.54) is 18.2 Å². The van der Waals surface area contributed by atoms with Crippen molar-refractivity contribution in [3.63, 3.8) is 0 Å². The molecule has 152 valence electrons. The van der Waals surface area contributed by atoms with Gasteiger partial charge in [-0.3, -0.25) is 4.90 Å². The van der Waals surface area contributed by atoms with Crippen LogP contribution in [0, 0.1) is 11.6 Å². The lowest BCUT2D eigenvalue weighted by molar-refractivity contribution is -0.0498. The highest BCUT2D eigenvalue weighted by Crippen LogP contribution is 2.31. The molecule has 8 heteroatoms. The lowest BCUT2D eigenvalue weighted by Gasteiger charge is -2.41. The first-order valence-corrected chi connectivity index (χ1v) is 8.82. The Balaban J connectivity index is 1.80. The van der Waals surface area contributed by atoms with E-state index in [4.69, 9.17) is 0 Å². The Bertz CT molecular complexity index is 822. The molecule has 0 radical (unpaired) electrons. The number of aliphatic hydroxyl groups is 1. The summed E-state index contributed by atoms with van der Waals surface area (Å²) in [5, 5.41) is 10.2. The molecule has 1 aliphatic heterocycles. The highest BCUT2D eigenvalue weighted by Gasteiger charge is 2.28. The van der Waals surface area contributed by atoms with Crippen molar-refractivity contribution in [2.75, 3.05) is 18.1 Å². The van der Waals surface area contributed by atoms with Gasteiger partial charge in [-0.05, 0) is 43.2 Å². The number of nitrogens with zero attached hydrogens (tertiary/aromatic N) is 2. The maximum Gasteiger partial charge on any atom is 0.387 e. The molecule has 4 nitrogen and oxygen atoms in total. The van der Waals surface area contributed by atoms with Gasteiger partial charge in [-0.2, -0.15) is 8.78 Å². The number of rotatable bonds is 6. The Labute approximate surface area is 160 Å². The van der Waals surface area contributed by atoms with Crippen LogP contribution in [0.3, 0.4) is 0 Å². The summed E-state index contributed by atoms with van der Waals surface area (Å²) in [7, 11) is 0. The highest BCUT2D eigenvalue weighted by atomic mass is 19.3. The molecule has 1 heterocycles.